The molecule has 5 nitrogen and oxygen atoms in total. The largest absolute Gasteiger partial charge is 0.444 e. The van der Waals surface area contributed by atoms with Gasteiger partial charge in [-0.1, -0.05) is 6.08 Å². The number of pyridine rings is 1. The fourth-order valence-electron chi connectivity index (χ4n) is 1.93. The van der Waals surface area contributed by atoms with Crippen molar-refractivity contribution in [3.05, 3.63) is 35.7 Å². The van der Waals surface area contributed by atoms with Crippen LogP contribution in [0.25, 0.3) is 0 Å². The summed E-state index contributed by atoms with van der Waals surface area (Å²) in [5, 5.41) is 2.24. The standard InChI is InChI=1S/C17H21F3N2O3/c1-6-7-8-13(23)14-11(17(18,19)20)9-12(10(2)21-14)22-15(24)25-16(3,4)5/h6,9H,1,7-8H2,2-5H3,(H,22,24). The number of allylic oxidation sites excluding steroid dienone is 1. The number of hydrogen-bond acceptors (Lipinski definition) is 4. The molecule has 0 radical (unpaired) electrons. The highest BCUT2D eigenvalue weighted by Crippen LogP contribution is 2.34. The van der Waals surface area contributed by atoms with Gasteiger partial charge in [0.25, 0.3) is 0 Å². The van der Waals surface area contributed by atoms with Crippen molar-refractivity contribution in [2.24, 2.45) is 0 Å². The maximum atomic E-state index is 13.3. The van der Waals surface area contributed by atoms with Crippen LogP contribution in [0.1, 0.15) is 55.4 Å². The van der Waals surface area contributed by atoms with Crippen LogP contribution in [0.5, 0.6) is 0 Å². The highest BCUT2D eigenvalue weighted by Gasteiger charge is 2.37. The third-order valence-corrected chi connectivity index (χ3v) is 2.99. The molecule has 1 N–H and O–H groups in total. The lowest BCUT2D eigenvalue weighted by Gasteiger charge is -2.21. The topological polar surface area (TPSA) is 68.3 Å². The number of nitrogens with zero attached hydrogens (tertiary/aromatic N) is 1. The average Bonchev–Trinajstić information content (AvgIpc) is 2.43. The summed E-state index contributed by atoms with van der Waals surface area (Å²) < 4.78 is 44.9. The van der Waals surface area contributed by atoms with Gasteiger partial charge in [-0.3, -0.25) is 10.1 Å². The molecule has 0 aliphatic heterocycles. The summed E-state index contributed by atoms with van der Waals surface area (Å²) in [6.07, 6.45) is -4.14. The molecule has 0 unspecified atom stereocenters. The first-order chi connectivity index (χ1) is 11.3. The van der Waals surface area contributed by atoms with Gasteiger partial charge in [0.1, 0.15) is 11.3 Å². The van der Waals surface area contributed by atoms with E-state index in [1.807, 2.05) is 0 Å². The highest BCUT2D eigenvalue weighted by molar-refractivity contribution is 5.97. The Hall–Kier alpha value is -2.38. The second kappa shape index (κ2) is 7.67. The number of hydrogen-bond donors (Lipinski definition) is 1. The normalized spacial score (nSPS) is 11.8. The fraction of sp³-hybridized carbons (Fsp3) is 0.471. The quantitative estimate of drug-likeness (QED) is 0.600. The van der Waals surface area contributed by atoms with Crippen LogP contribution in [-0.2, 0) is 10.9 Å². The van der Waals surface area contributed by atoms with Gasteiger partial charge >= 0.3 is 12.3 Å². The third-order valence-electron chi connectivity index (χ3n) is 2.99. The Labute approximate surface area is 144 Å². The van der Waals surface area contributed by atoms with E-state index in [1.54, 1.807) is 20.8 Å². The molecule has 0 bridgehead atoms. The Balaban J connectivity index is 3.24. The molecule has 1 heterocycles. The van der Waals surface area contributed by atoms with Gasteiger partial charge in [0.05, 0.1) is 16.9 Å². The maximum absolute atomic E-state index is 13.3. The van der Waals surface area contributed by atoms with Crippen molar-refractivity contribution in [3.63, 3.8) is 0 Å². The molecule has 0 spiro atoms. The van der Waals surface area contributed by atoms with Crippen LogP contribution in [0, 0.1) is 6.92 Å². The molecule has 0 saturated carbocycles. The summed E-state index contributed by atoms with van der Waals surface area (Å²) in [5.41, 5.74) is -2.75. The number of Topliss-reactive ketones (excluding diaryl/α,β-unsaturated/α-hetero) is 1. The Morgan fingerprint density at radius 1 is 1.32 bits per heavy atom. The van der Waals surface area contributed by atoms with Crippen molar-refractivity contribution in [2.75, 3.05) is 5.32 Å². The monoisotopic (exact) mass is 358 g/mol. The molecular weight excluding hydrogens is 337 g/mol. The Morgan fingerprint density at radius 2 is 1.92 bits per heavy atom. The number of aromatic nitrogens is 1. The van der Waals surface area contributed by atoms with E-state index < -0.39 is 34.9 Å². The van der Waals surface area contributed by atoms with Crippen LogP contribution in [-0.4, -0.2) is 22.5 Å². The zero-order valence-electron chi connectivity index (χ0n) is 14.6. The van der Waals surface area contributed by atoms with Crippen molar-refractivity contribution in [3.8, 4) is 0 Å². The molecule has 25 heavy (non-hydrogen) atoms. The lowest BCUT2D eigenvalue weighted by molar-refractivity contribution is -0.138. The van der Waals surface area contributed by atoms with Crippen molar-refractivity contribution < 1.29 is 27.5 Å². The molecular formula is C17H21F3N2O3. The van der Waals surface area contributed by atoms with Crippen LogP contribution in [0.2, 0.25) is 0 Å². The molecule has 1 amide bonds. The Kier molecular flexibility index (Phi) is 6.34. The summed E-state index contributed by atoms with van der Waals surface area (Å²) in [6.45, 7) is 9.71. The lowest BCUT2D eigenvalue weighted by Crippen LogP contribution is -2.28. The van der Waals surface area contributed by atoms with Crippen molar-refractivity contribution >= 4 is 17.6 Å². The number of ether oxygens (including phenoxy) is 1. The molecule has 138 valence electrons. The number of amides is 1. The maximum Gasteiger partial charge on any atom is 0.418 e. The number of anilines is 1. The van der Waals surface area contributed by atoms with E-state index in [1.165, 1.54) is 13.0 Å². The van der Waals surface area contributed by atoms with Gasteiger partial charge in [-0.05, 0) is 40.2 Å². The zero-order valence-corrected chi connectivity index (χ0v) is 14.6. The van der Waals surface area contributed by atoms with Gasteiger partial charge in [0, 0.05) is 6.42 Å². The number of alkyl halides is 3. The summed E-state index contributed by atoms with van der Waals surface area (Å²) in [7, 11) is 0. The van der Waals surface area contributed by atoms with E-state index in [9.17, 15) is 22.8 Å². The van der Waals surface area contributed by atoms with Crippen LogP contribution in [0.4, 0.5) is 23.7 Å². The molecule has 1 rings (SSSR count). The van der Waals surface area contributed by atoms with E-state index in [0.717, 1.165) is 0 Å². The predicted molar refractivity (Wildman–Crippen MR) is 87.6 cm³/mol. The van der Waals surface area contributed by atoms with Gasteiger partial charge in [0.15, 0.2) is 5.78 Å². The number of rotatable bonds is 5. The van der Waals surface area contributed by atoms with E-state index in [4.69, 9.17) is 4.74 Å². The minimum Gasteiger partial charge on any atom is -0.444 e. The molecule has 0 saturated heterocycles. The summed E-state index contributed by atoms with van der Waals surface area (Å²) in [6, 6.07) is 0.702. The first-order valence-corrected chi connectivity index (χ1v) is 7.58. The molecule has 0 fully saturated rings. The minimum atomic E-state index is -4.79. The second-order valence-corrected chi connectivity index (χ2v) is 6.39. The molecule has 1 aromatic rings. The van der Waals surface area contributed by atoms with Gasteiger partial charge < -0.3 is 4.74 Å². The number of carbonyl (C=O) groups excluding carboxylic acids is 2. The third kappa shape index (κ3) is 6.21. The lowest BCUT2D eigenvalue weighted by atomic mass is 10.0. The summed E-state index contributed by atoms with van der Waals surface area (Å²) in [4.78, 5) is 27.6. The van der Waals surface area contributed by atoms with Crippen molar-refractivity contribution in [1.29, 1.82) is 0 Å². The van der Waals surface area contributed by atoms with Gasteiger partial charge in [-0.2, -0.15) is 13.2 Å². The summed E-state index contributed by atoms with van der Waals surface area (Å²) >= 11 is 0. The second-order valence-electron chi connectivity index (χ2n) is 6.39. The Morgan fingerprint density at radius 3 is 2.40 bits per heavy atom. The van der Waals surface area contributed by atoms with Gasteiger partial charge in [-0.25, -0.2) is 9.78 Å². The van der Waals surface area contributed by atoms with Crippen LogP contribution in [0.3, 0.4) is 0 Å². The zero-order chi connectivity index (χ0) is 19.4. The first kappa shape index (κ1) is 20.7. The predicted octanol–water partition coefficient (Wildman–Crippen LogP) is 4.90. The number of nitrogens with one attached hydrogen (secondary N) is 1. The van der Waals surface area contributed by atoms with Gasteiger partial charge in [-0.15, -0.1) is 6.58 Å². The van der Waals surface area contributed by atoms with E-state index in [2.05, 4.69) is 16.9 Å². The molecule has 0 aromatic carbocycles. The number of aryl methyl sites for hydroxylation is 1. The molecule has 0 atom stereocenters. The smallest absolute Gasteiger partial charge is 0.418 e. The van der Waals surface area contributed by atoms with Crippen molar-refractivity contribution in [1.82, 2.24) is 4.98 Å². The van der Waals surface area contributed by atoms with Gasteiger partial charge in [0.2, 0.25) is 0 Å². The average molecular weight is 358 g/mol. The van der Waals surface area contributed by atoms with E-state index in [0.29, 0.717) is 6.07 Å². The molecule has 8 heteroatoms. The van der Waals surface area contributed by atoms with E-state index >= 15 is 0 Å². The first-order valence-electron chi connectivity index (χ1n) is 7.58. The number of halogens is 3. The SMILES string of the molecule is C=CCCC(=O)c1nc(C)c(NC(=O)OC(C)(C)C)cc1C(F)(F)F. The van der Waals surface area contributed by atoms with Crippen molar-refractivity contribution in [2.45, 2.75) is 52.3 Å². The minimum absolute atomic E-state index is 0.0841. The van der Waals surface area contributed by atoms with Crippen LogP contribution in [0.15, 0.2) is 18.7 Å². The Bertz CT molecular complexity index is 677. The highest BCUT2D eigenvalue weighted by atomic mass is 19.4. The van der Waals surface area contributed by atoms with E-state index in [-0.39, 0.29) is 24.2 Å². The van der Waals surface area contributed by atoms with Crippen LogP contribution >= 0.6 is 0 Å². The molecule has 1 aromatic heterocycles. The van der Waals surface area contributed by atoms with Crippen LogP contribution < -0.4 is 5.32 Å². The fourth-order valence-corrected chi connectivity index (χ4v) is 1.93. The summed E-state index contributed by atoms with van der Waals surface area (Å²) in [5.74, 6) is -0.737. The molecule has 0 aliphatic rings. The number of ketones is 1. The molecule has 0 aliphatic carbocycles. The number of carbonyl (C=O) groups is 2.